The lowest BCUT2D eigenvalue weighted by Crippen LogP contribution is -2.45. The monoisotopic (exact) mass is 326 g/mol. The quantitative estimate of drug-likeness (QED) is 0.622. The first kappa shape index (κ1) is 15.5. The van der Waals surface area contributed by atoms with Gasteiger partial charge in [-0.3, -0.25) is 15.0 Å². The topological polar surface area (TPSA) is 71.7 Å². The van der Waals surface area contributed by atoms with Gasteiger partial charge in [0.1, 0.15) is 12.0 Å². The summed E-state index contributed by atoms with van der Waals surface area (Å²) < 4.78 is 5.38. The zero-order chi connectivity index (χ0) is 15.5. The molecule has 0 bridgehead atoms. The molecule has 22 heavy (non-hydrogen) atoms. The molecule has 3 heterocycles. The third-order valence-electron chi connectivity index (χ3n) is 4.24. The van der Waals surface area contributed by atoms with E-state index >= 15 is 0 Å². The van der Waals surface area contributed by atoms with Crippen molar-refractivity contribution in [2.45, 2.75) is 18.9 Å². The average molecular weight is 327 g/mol. The molecular weight excluding hydrogens is 308 g/mol. The number of morpholine rings is 1. The summed E-state index contributed by atoms with van der Waals surface area (Å²) in [5, 5.41) is 11.1. The van der Waals surface area contributed by atoms with E-state index < -0.39 is 4.92 Å². The molecule has 0 unspecified atom stereocenters. The Morgan fingerprint density at radius 3 is 2.86 bits per heavy atom. The Kier molecular flexibility index (Phi) is 4.75. The fourth-order valence-electron chi connectivity index (χ4n) is 3.12. The smallest absolute Gasteiger partial charge is 0.289 e. The van der Waals surface area contributed by atoms with Crippen LogP contribution in [0.3, 0.4) is 0 Å². The normalized spacial score (nSPS) is 23.0. The Labute approximate surface area is 134 Å². The molecule has 0 aromatic carbocycles. The number of nitro groups is 1. The second kappa shape index (κ2) is 6.76. The van der Waals surface area contributed by atoms with Gasteiger partial charge in [-0.15, -0.1) is 0 Å². The van der Waals surface area contributed by atoms with Crippen LogP contribution in [-0.2, 0) is 4.74 Å². The lowest BCUT2D eigenvalue weighted by molar-refractivity contribution is -0.385. The van der Waals surface area contributed by atoms with Crippen molar-refractivity contribution in [3.63, 3.8) is 0 Å². The van der Waals surface area contributed by atoms with Crippen LogP contribution >= 0.6 is 11.6 Å². The molecule has 8 heteroatoms. The van der Waals surface area contributed by atoms with Crippen molar-refractivity contribution in [2.75, 3.05) is 44.3 Å². The van der Waals surface area contributed by atoms with E-state index in [4.69, 9.17) is 16.3 Å². The minimum absolute atomic E-state index is 0.0716. The molecule has 0 spiro atoms. The fourth-order valence-corrected chi connectivity index (χ4v) is 3.39. The van der Waals surface area contributed by atoms with Crippen molar-refractivity contribution < 1.29 is 9.66 Å². The molecular formula is C14H19ClN4O3. The van der Waals surface area contributed by atoms with Gasteiger partial charge in [-0.2, -0.15) is 0 Å². The van der Waals surface area contributed by atoms with Crippen LogP contribution in [-0.4, -0.2) is 60.2 Å². The maximum atomic E-state index is 10.8. The number of anilines is 1. The molecule has 1 aromatic heterocycles. The first-order valence-electron chi connectivity index (χ1n) is 7.52. The third kappa shape index (κ3) is 3.31. The van der Waals surface area contributed by atoms with E-state index in [0.29, 0.717) is 16.9 Å². The van der Waals surface area contributed by atoms with Gasteiger partial charge in [0, 0.05) is 38.3 Å². The molecule has 7 nitrogen and oxygen atoms in total. The number of nitrogens with zero attached hydrogens (tertiary/aromatic N) is 4. The number of ether oxygens (including phenoxy) is 1. The fraction of sp³-hybridized carbons (Fsp3) is 0.643. The SMILES string of the molecule is O=[N+]([O-])c1cnc(N2CCC[C@H]2CN2CCOCC2)c(Cl)c1. The third-order valence-corrected chi connectivity index (χ3v) is 4.52. The van der Waals surface area contributed by atoms with Crippen molar-refractivity contribution >= 4 is 23.1 Å². The van der Waals surface area contributed by atoms with Gasteiger partial charge in [-0.25, -0.2) is 4.98 Å². The minimum Gasteiger partial charge on any atom is -0.379 e. The average Bonchev–Trinajstić information content (AvgIpc) is 2.96. The van der Waals surface area contributed by atoms with Crippen LogP contribution in [0.2, 0.25) is 5.02 Å². The summed E-state index contributed by atoms with van der Waals surface area (Å²) in [5.74, 6) is 0.656. The molecule has 2 saturated heterocycles. The van der Waals surface area contributed by atoms with Crippen LogP contribution in [0, 0.1) is 10.1 Å². The Morgan fingerprint density at radius 1 is 1.41 bits per heavy atom. The molecule has 2 aliphatic rings. The van der Waals surface area contributed by atoms with Crippen molar-refractivity contribution in [3.8, 4) is 0 Å². The molecule has 1 aromatic rings. The van der Waals surface area contributed by atoms with Gasteiger partial charge >= 0.3 is 0 Å². The van der Waals surface area contributed by atoms with Crippen LogP contribution < -0.4 is 4.90 Å². The molecule has 2 fully saturated rings. The number of hydrogen-bond acceptors (Lipinski definition) is 6. The highest BCUT2D eigenvalue weighted by Crippen LogP contribution is 2.32. The molecule has 0 amide bonds. The molecule has 2 aliphatic heterocycles. The largest absolute Gasteiger partial charge is 0.379 e. The van der Waals surface area contributed by atoms with Crippen molar-refractivity contribution in [1.82, 2.24) is 9.88 Å². The highest BCUT2D eigenvalue weighted by molar-refractivity contribution is 6.33. The van der Waals surface area contributed by atoms with E-state index in [-0.39, 0.29) is 5.69 Å². The van der Waals surface area contributed by atoms with Gasteiger partial charge in [0.15, 0.2) is 0 Å². The highest BCUT2D eigenvalue weighted by Gasteiger charge is 2.30. The van der Waals surface area contributed by atoms with Crippen LogP contribution in [0.4, 0.5) is 11.5 Å². The number of aromatic nitrogens is 1. The zero-order valence-corrected chi connectivity index (χ0v) is 13.0. The van der Waals surface area contributed by atoms with Crippen LogP contribution in [0.1, 0.15) is 12.8 Å². The minimum atomic E-state index is -0.474. The molecule has 1 atom stereocenters. The van der Waals surface area contributed by atoms with Crippen LogP contribution in [0.15, 0.2) is 12.3 Å². The van der Waals surface area contributed by atoms with Gasteiger partial charge < -0.3 is 9.64 Å². The van der Waals surface area contributed by atoms with Gasteiger partial charge in [-0.05, 0) is 12.8 Å². The summed E-state index contributed by atoms with van der Waals surface area (Å²) in [6.07, 6.45) is 3.46. The Bertz CT molecular complexity index is 551. The van der Waals surface area contributed by atoms with Crippen molar-refractivity contribution in [2.24, 2.45) is 0 Å². The summed E-state index contributed by atoms with van der Waals surface area (Å²) in [7, 11) is 0. The van der Waals surface area contributed by atoms with Crippen LogP contribution in [0.5, 0.6) is 0 Å². The standard InChI is InChI=1S/C14H19ClN4O3/c15-13-8-12(19(20)21)9-16-14(13)18-3-1-2-11(18)10-17-4-6-22-7-5-17/h8-9,11H,1-7,10H2/t11-/m0/s1. The van der Waals surface area contributed by atoms with E-state index in [9.17, 15) is 10.1 Å². The van der Waals surface area contributed by atoms with E-state index in [0.717, 1.165) is 52.2 Å². The Balaban J connectivity index is 1.73. The molecule has 0 N–H and O–H groups in total. The molecule has 0 aliphatic carbocycles. The lowest BCUT2D eigenvalue weighted by Gasteiger charge is -2.33. The summed E-state index contributed by atoms with van der Waals surface area (Å²) >= 11 is 6.22. The number of rotatable bonds is 4. The van der Waals surface area contributed by atoms with Crippen LogP contribution in [0.25, 0.3) is 0 Å². The van der Waals surface area contributed by atoms with Gasteiger partial charge in [0.05, 0.1) is 23.2 Å². The van der Waals surface area contributed by atoms with Gasteiger partial charge in [-0.1, -0.05) is 11.6 Å². The first-order chi connectivity index (χ1) is 10.6. The van der Waals surface area contributed by atoms with E-state index in [1.165, 1.54) is 12.3 Å². The maximum Gasteiger partial charge on any atom is 0.289 e. The highest BCUT2D eigenvalue weighted by atomic mass is 35.5. The number of halogens is 1. The second-order valence-electron chi connectivity index (χ2n) is 5.66. The van der Waals surface area contributed by atoms with E-state index in [1.54, 1.807) is 0 Å². The predicted molar refractivity (Wildman–Crippen MR) is 83.5 cm³/mol. The predicted octanol–water partition coefficient (Wildman–Crippen LogP) is 1.94. The van der Waals surface area contributed by atoms with Gasteiger partial charge in [0.2, 0.25) is 0 Å². The molecule has 0 saturated carbocycles. The second-order valence-corrected chi connectivity index (χ2v) is 6.07. The maximum absolute atomic E-state index is 10.8. The number of pyridine rings is 1. The summed E-state index contributed by atoms with van der Waals surface area (Å²) in [6, 6.07) is 1.73. The van der Waals surface area contributed by atoms with E-state index in [1.807, 2.05) is 0 Å². The Hall–Kier alpha value is -1.44. The molecule has 3 rings (SSSR count). The summed E-state index contributed by atoms with van der Waals surface area (Å²) in [5.41, 5.74) is -0.0716. The molecule has 120 valence electrons. The number of hydrogen-bond donors (Lipinski definition) is 0. The first-order valence-corrected chi connectivity index (χ1v) is 7.89. The Morgan fingerprint density at radius 2 is 2.18 bits per heavy atom. The zero-order valence-electron chi connectivity index (χ0n) is 12.3. The summed E-state index contributed by atoms with van der Waals surface area (Å²) in [4.78, 5) is 19.1. The lowest BCUT2D eigenvalue weighted by atomic mass is 10.2. The van der Waals surface area contributed by atoms with Gasteiger partial charge in [0.25, 0.3) is 5.69 Å². The summed E-state index contributed by atoms with van der Waals surface area (Å²) in [6.45, 7) is 5.31. The molecule has 0 radical (unpaired) electrons. The van der Waals surface area contributed by atoms with Crippen molar-refractivity contribution in [1.29, 1.82) is 0 Å². The van der Waals surface area contributed by atoms with E-state index in [2.05, 4.69) is 14.8 Å². The van der Waals surface area contributed by atoms with Crippen molar-refractivity contribution in [3.05, 3.63) is 27.4 Å².